The molecule has 102 valence electrons. The monoisotopic (exact) mass is 299 g/mol. The zero-order valence-corrected chi connectivity index (χ0v) is 12.2. The van der Waals surface area contributed by atoms with Gasteiger partial charge in [-0.05, 0) is 25.0 Å². The van der Waals surface area contributed by atoms with Crippen molar-refractivity contribution >= 4 is 29.1 Å². The summed E-state index contributed by atoms with van der Waals surface area (Å²) in [4.78, 5) is 13.7. The molecule has 2 aliphatic rings. The molecule has 2 heterocycles. The van der Waals surface area contributed by atoms with E-state index in [1.807, 2.05) is 11.0 Å². The van der Waals surface area contributed by atoms with Gasteiger partial charge in [0.05, 0.1) is 17.2 Å². The van der Waals surface area contributed by atoms with Gasteiger partial charge in [0.15, 0.2) is 0 Å². The van der Waals surface area contributed by atoms with Gasteiger partial charge in [-0.15, -0.1) is 0 Å². The lowest BCUT2D eigenvalue weighted by Gasteiger charge is -2.18. The maximum atomic E-state index is 11.8. The summed E-state index contributed by atoms with van der Waals surface area (Å²) in [6.07, 6.45) is 2.58. The fourth-order valence-electron chi connectivity index (χ4n) is 3.25. The number of hydrogen-bond donors (Lipinski definition) is 0. The van der Waals surface area contributed by atoms with Crippen LogP contribution < -0.4 is 4.74 Å². The number of methoxy groups -OCH3 is 1. The number of carbonyl (C=O) groups is 1. The summed E-state index contributed by atoms with van der Waals surface area (Å²) in [5.74, 6) is 1.23. The molecule has 3 rings (SSSR count). The van der Waals surface area contributed by atoms with Crippen molar-refractivity contribution in [1.82, 2.24) is 4.90 Å². The third-order valence-electron chi connectivity index (χ3n) is 4.15. The standard InChI is InChI=1S/C14H15Cl2NO2/c1-19-11-4-3-10(15)14(16)13(11)8-6-9-2-5-12(18)17(9)7-8/h3-4,8-9H,2,5-7H2,1H3/t8-,9?/m0/s1. The topological polar surface area (TPSA) is 29.5 Å². The van der Waals surface area contributed by atoms with E-state index in [0.29, 0.717) is 22.5 Å². The molecule has 0 spiro atoms. The number of benzene rings is 1. The van der Waals surface area contributed by atoms with Crippen LogP contribution in [0.15, 0.2) is 12.1 Å². The van der Waals surface area contributed by atoms with E-state index in [4.69, 9.17) is 27.9 Å². The number of amides is 1. The highest BCUT2D eigenvalue weighted by Crippen LogP contribution is 2.45. The molecular formula is C14H15Cl2NO2. The summed E-state index contributed by atoms with van der Waals surface area (Å²) in [6, 6.07) is 3.94. The highest BCUT2D eigenvalue weighted by molar-refractivity contribution is 6.42. The summed E-state index contributed by atoms with van der Waals surface area (Å²) in [5.41, 5.74) is 0.943. The molecular weight excluding hydrogens is 285 g/mol. The zero-order valence-electron chi connectivity index (χ0n) is 10.7. The minimum absolute atomic E-state index is 0.218. The Balaban J connectivity index is 1.95. The Labute approximate surface area is 122 Å². The van der Waals surface area contributed by atoms with Gasteiger partial charge >= 0.3 is 0 Å². The number of rotatable bonds is 2. The third kappa shape index (κ3) is 2.09. The molecule has 0 saturated carbocycles. The van der Waals surface area contributed by atoms with Crippen LogP contribution in [-0.2, 0) is 4.79 Å². The van der Waals surface area contributed by atoms with Crippen molar-refractivity contribution in [3.05, 3.63) is 27.7 Å². The summed E-state index contributed by atoms with van der Waals surface area (Å²) < 4.78 is 5.40. The van der Waals surface area contributed by atoms with E-state index in [1.54, 1.807) is 13.2 Å². The molecule has 0 radical (unpaired) electrons. The number of fused-ring (bicyclic) bond motifs is 1. The molecule has 1 aromatic rings. The van der Waals surface area contributed by atoms with E-state index in [-0.39, 0.29) is 11.8 Å². The molecule has 1 amide bonds. The lowest BCUT2D eigenvalue weighted by Crippen LogP contribution is -2.27. The highest BCUT2D eigenvalue weighted by atomic mass is 35.5. The maximum Gasteiger partial charge on any atom is 0.222 e. The van der Waals surface area contributed by atoms with Crippen LogP contribution in [0.5, 0.6) is 5.75 Å². The molecule has 1 unspecified atom stereocenters. The fraction of sp³-hybridized carbons (Fsp3) is 0.500. The van der Waals surface area contributed by atoms with Gasteiger partial charge in [0, 0.05) is 30.5 Å². The van der Waals surface area contributed by atoms with Gasteiger partial charge in [0.2, 0.25) is 5.91 Å². The number of ether oxygens (including phenoxy) is 1. The Hall–Kier alpha value is -0.930. The van der Waals surface area contributed by atoms with Crippen LogP contribution in [0.1, 0.15) is 30.7 Å². The molecule has 0 aliphatic carbocycles. The first-order valence-electron chi connectivity index (χ1n) is 6.43. The predicted molar refractivity (Wildman–Crippen MR) is 75.1 cm³/mol. The molecule has 2 aliphatic heterocycles. The van der Waals surface area contributed by atoms with Crippen LogP contribution in [0.25, 0.3) is 0 Å². The number of carbonyl (C=O) groups excluding carboxylic acids is 1. The molecule has 0 N–H and O–H groups in total. The van der Waals surface area contributed by atoms with E-state index in [1.165, 1.54) is 0 Å². The van der Waals surface area contributed by atoms with Crippen molar-refractivity contribution in [1.29, 1.82) is 0 Å². The first-order chi connectivity index (χ1) is 9.11. The largest absolute Gasteiger partial charge is 0.496 e. The van der Waals surface area contributed by atoms with E-state index < -0.39 is 0 Å². The SMILES string of the molecule is COc1ccc(Cl)c(Cl)c1[C@H]1CC2CCC(=O)N2C1. The Morgan fingerprint density at radius 1 is 1.37 bits per heavy atom. The molecule has 2 saturated heterocycles. The molecule has 2 atom stereocenters. The normalized spacial score (nSPS) is 25.8. The second-order valence-corrected chi connectivity index (χ2v) is 5.93. The van der Waals surface area contributed by atoms with Crippen LogP contribution in [0.3, 0.4) is 0 Å². The first kappa shape index (κ1) is 13.1. The quantitative estimate of drug-likeness (QED) is 0.837. The molecule has 5 heteroatoms. The van der Waals surface area contributed by atoms with Gasteiger partial charge in [-0.2, -0.15) is 0 Å². The molecule has 1 aromatic carbocycles. The summed E-state index contributed by atoms with van der Waals surface area (Å²) >= 11 is 12.4. The van der Waals surface area contributed by atoms with Gasteiger partial charge < -0.3 is 9.64 Å². The van der Waals surface area contributed by atoms with Gasteiger partial charge in [-0.3, -0.25) is 4.79 Å². The number of hydrogen-bond acceptors (Lipinski definition) is 2. The lowest BCUT2D eigenvalue weighted by atomic mass is 9.94. The molecule has 0 aromatic heterocycles. The van der Waals surface area contributed by atoms with Gasteiger partial charge in [0.25, 0.3) is 0 Å². The van der Waals surface area contributed by atoms with Crippen molar-refractivity contribution in [3.8, 4) is 5.75 Å². The van der Waals surface area contributed by atoms with Crippen LogP contribution in [0.2, 0.25) is 10.0 Å². The average molecular weight is 300 g/mol. The molecule has 2 fully saturated rings. The minimum Gasteiger partial charge on any atom is -0.496 e. The predicted octanol–water partition coefficient (Wildman–Crippen LogP) is 3.48. The summed E-state index contributed by atoms with van der Waals surface area (Å²) in [6.45, 7) is 0.722. The second-order valence-electron chi connectivity index (χ2n) is 5.15. The Morgan fingerprint density at radius 3 is 2.84 bits per heavy atom. The Morgan fingerprint density at radius 2 is 2.16 bits per heavy atom. The molecule has 3 nitrogen and oxygen atoms in total. The smallest absolute Gasteiger partial charge is 0.222 e. The zero-order chi connectivity index (χ0) is 13.6. The van der Waals surface area contributed by atoms with E-state index in [2.05, 4.69) is 0 Å². The molecule has 19 heavy (non-hydrogen) atoms. The Bertz CT molecular complexity index is 532. The van der Waals surface area contributed by atoms with Crippen LogP contribution in [0, 0.1) is 0 Å². The fourth-order valence-corrected chi connectivity index (χ4v) is 3.72. The van der Waals surface area contributed by atoms with Gasteiger partial charge in [0.1, 0.15) is 5.75 Å². The summed E-state index contributed by atoms with van der Waals surface area (Å²) in [5, 5.41) is 1.09. The average Bonchev–Trinajstić information content (AvgIpc) is 2.95. The molecule has 0 bridgehead atoms. The van der Waals surface area contributed by atoms with Gasteiger partial charge in [-0.25, -0.2) is 0 Å². The number of halogens is 2. The maximum absolute atomic E-state index is 11.8. The van der Waals surface area contributed by atoms with Crippen molar-refractivity contribution in [2.45, 2.75) is 31.2 Å². The first-order valence-corrected chi connectivity index (χ1v) is 7.18. The van der Waals surface area contributed by atoms with E-state index in [0.717, 1.165) is 30.7 Å². The minimum atomic E-state index is 0.218. The van der Waals surface area contributed by atoms with Crippen molar-refractivity contribution < 1.29 is 9.53 Å². The van der Waals surface area contributed by atoms with Crippen LogP contribution in [0.4, 0.5) is 0 Å². The van der Waals surface area contributed by atoms with Crippen molar-refractivity contribution in [2.75, 3.05) is 13.7 Å². The van der Waals surface area contributed by atoms with Crippen molar-refractivity contribution in [2.24, 2.45) is 0 Å². The second kappa shape index (κ2) is 4.88. The third-order valence-corrected chi connectivity index (χ3v) is 4.97. The van der Waals surface area contributed by atoms with Gasteiger partial charge in [-0.1, -0.05) is 23.2 Å². The van der Waals surface area contributed by atoms with E-state index in [9.17, 15) is 4.79 Å². The highest BCUT2D eigenvalue weighted by Gasteiger charge is 2.41. The summed E-state index contributed by atoms with van der Waals surface area (Å²) in [7, 11) is 1.63. The van der Waals surface area contributed by atoms with Crippen molar-refractivity contribution in [3.63, 3.8) is 0 Å². The Kier molecular flexibility index (Phi) is 3.35. The van der Waals surface area contributed by atoms with Crippen LogP contribution in [-0.4, -0.2) is 30.5 Å². The lowest BCUT2D eigenvalue weighted by molar-refractivity contribution is -0.127. The number of nitrogens with zero attached hydrogens (tertiary/aromatic N) is 1. The van der Waals surface area contributed by atoms with Crippen LogP contribution >= 0.6 is 23.2 Å². The van der Waals surface area contributed by atoms with E-state index >= 15 is 0 Å².